The van der Waals surface area contributed by atoms with E-state index < -0.39 is 11.7 Å². The summed E-state index contributed by atoms with van der Waals surface area (Å²) in [5.74, 6) is 0.294. The maximum Gasteiger partial charge on any atom is 0.407 e. The maximum absolute atomic E-state index is 12.9. The van der Waals surface area contributed by atoms with Gasteiger partial charge in [0.1, 0.15) is 11.9 Å². The lowest BCUT2D eigenvalue weighted by Crippen LogP contribution is -2.56. The van der Waals surface area contributed by atoms with E-state index in [1.54, 1.807) is 0 Å². The molecule has 2 amide bonds. The number of nitrogens with one attached hydrogen (secondary N) is 1. The zero-order chi connectivity index (χ0) is 18.6. The molecule has 0 saturated carbocycles. The Bertz CT molecular complexity index is 600. The highest BCUT2D eigenvalue weighted by atomic mass is 16.6. The molecule has 0 aliphatic carbocycles. The molecule has 0 spiro atoms. The van der Waals surface area contributed by atoms with Crippen molar-refractivity contribution in [1.29, 1.82) is 0 Å². The van der Waals surface area contributed by atoms with Crippen molar-refractivity contribution < 1.29 is 14.3 Å². The molecular formula is C18H28N4O3. The van der Waals surface area contributed by atoms with E-state index in [4.69, 9.17) is 4.74 Å². The molecule has 7 nitrogen and oxygen atoms in total. The first-order valence-corrected chi connectivity index (χ1v) is 8.73. The first-order chi connectivity index (χ1) is 11.7. The normalized spacial score (nSPS) is 23.9. The van der Waals surface area contributed by atoms with Gasteiger partial charge in [0.25, 0.3) is 5.91 Å². The van der Waals surface area contributed by atoms with Crippen LogP contribution >= 0.6 is 0 Å². The van der Waals surface area contributed by atoms with Gasteiger partial charge in [0.2, 0.25) is 0 Å². The highest BCUT2D eigenvalue weighted by Gasteiger charge is 2.36. The molecule has 3 unspecified atom stereocenters. The van der Waals surface area contributed by atoms with Gasteiger partial charge < -0.3 is 15.0 Å². The number of amides is 2. The Kier molecular flexibility index (Phi) is 5.98. The number of nitrogens with zero attached hydrogens (tertiary/aromatic N) is 3. The largest absolute Gasteiger partial charge is 0.444 e. The van der Waals surface area contributed by atoms with E-state index >= 15 is 0 Å². The topological polar surface area (TPSA) is 84.4 Å². The minimum Gasteiger partial charge on any atom is -0.444 e. The number of hydrogen-bond acceptors (Lipinski definition) is 5. The monoisotopic (exact) mass is 348 g/mol. The fourth-order valence-corrected chi connectivity index (χ4v) is 3.07. The third-order valence-corrected chi connectivity index (χ3v) is 4.53. The lowest BCUT2D eigenvalue weighted by atomic mass is 9.87. The number of likely N-dealkylation sites (tertiary alicyclic amines) is 1. The number of ether oxygens (including phenoxy) is 1. The number of rotatable bonds is 3. The molecule has 7 heteroatoms. The summed E-state index contributed by atoms with van der Waals surface area (Å²) in [5.41, 5.74) is -0.0827. The summed E-state index contributed by atoms with van der Waals surface area (Å²) < 4.78 is 5.28. The maximum atomic E-state index is 12.9. The van der Waals surface area contributed by atoms with Crippen molar-refractivity contribution in [2.24, 2.45) is 5.92 Å². The summed E-state index contributed by atoms with van der Waals surface area (Å²) in [4.78, 5) is 34.6. The third-order valence-electron chi connectivity index (χ3n) is 4.53. The predicted molar refractivity (Wildman–Crippen MR) is 94.1 cm³/mol. The van der Waals surface area contributed by atoms with Crippen molar-refractivity contribution in [2.75, 3.05) is 6.54 Å². The Hall–Kier alpha value is -2.18. The average Bonchev–Trinajstić information content (AvgIpc) is 2.54. The highest BCUT2D eigenvalue weighted by molar-refractivity contribution is 5.94. The van der Waals surface area contributed by atoms with Gasteiger partial charge in [-0.3, -0.25) is 4.79 Å². The molecule has 3 atom stereocenters. The molecule has 2 rings (SSSR count). The molecule has 25 heavy (non-hydrogen) atoms. The number of aromatic nitrogens is 2. The summed E-state index contributed by atoms with van der Waals surface area (Å²) >= 11 is 0. The summed E-state index contributed by atoms with van der Waals surface area (Å²) in [6, 6.07) is -0.00156. The van der Waals surface area contributed by atoms with Crippen LogP contribution in [0, 0.1) is 5.92 Å². The van der Waals surface area contributed by atoms with E-state index in [1.807, 2.05) is 32.6 Å². The highest BCUT2D eigenvalue weighted by Crippen LogP contribution is 2.29. The first-order valence-electron chi connectivity index (χ1n) is 8.73. The van der Waals surface area contributed by atoms with Crippen LogP contribution in [0.5, 0.6) is 0 Å². The Morgan fingerprint density at radius 2 is 1.88 bits per heavy atom. The number of carbonyl (C=O) groups excluding carboxylic acids is 2. The Balaban J connectivity index is 2.09. The summed E-state index contributed by atoms with van der Waals surface area (Å²) in [6.45, 7) is 10.0. The zero-order valence-electron chi connectivity index (χ0n) is 15.7. The number of hydrogen-bond donors (Lipinski definition) is 1. The second-order valence-electron chi connectivity index (χ2n) is 7.67. The van der Waals surface area contributed by atoms with Crippen molar-refractivity contribution in [3.63, 3.8) is 0 Å². The molecule has 2 heterocycles. The van der Waals surface area contributed by atoms with Gasteiger partial charge >= 0.3 is 6.09 Å². The number of alkyl carbamates (subject to hydrolysis) is 1. The SMILES string of the molecule is CC1CCC(CNC(=O)OC(C)(C)C)N(C(=O)c2cncnc2)C1C. The summed E-state index contributed by atoms with van der Waals surface area (Å²) in [7, 11) is 0. The second-order valence-corrected chi connectivity index (χ2v) is 7.67. The van der Waals surface area contributed by atoms with E-state index in [-0.39, 0.29) is 18.0 Å². The molecule has 0 aromatic carbocycles. The van der Waals surface area contributed by atoms with Gasteiger partial charge in [0.15, 0.2) is 0 Å². The van der Waals surface area contributed by atoms with E-state index in [0.29, 0.717) is 18.0 Å². The van der Waals surface area contributed by atoms with Crippen LogP contribution in [0.1, 0.15) is 57.8 Å². The minimum absolute atomic E-state index is 0.0758. The smallest absolute Gasteiger partial charge is 0.407 e. The first kappa shape index (κ1) is 19.1. The Labute approximate surface area is 149 Å². The minimum atomic E-state index is -0.546. The molecular weight excluding hydrogens is 320 g/mol. The van der Waals surface area contributed by atoms with Crippen LogP contribution in [-0.4, -0.2) is 51.1 Å². The van der Waals surface area contributed by atoms with E-state index in [0.717, 1.165) is 12.8 Å². The van der Waals surface area contributed by atoms with Crippen LogP contribution < -0.4 is 5.32 Å². The summed E-state index contributed by atoms with van der Waals surface area (Å²) in [6.07, 6.45) is 5.84. The van der Waals surface area contributed by atoms with Crippen LogP contribution in [0.3, 0.4) is 0 Å². The van der Waals surface area contributed by atoms with Crippen LogP contribution in [0.25, 0.3) is 0 Å². The van der Waals surface area contributed by atoms with E-state index in [1.165, 1.54) is 18.7 Å². The standard InChI is InChI=1S/C18H28N4O3/c1-12-6-7-15(10-21-17(24)25-18(3,4)5)22(13(12)2)16(23)14-8-19-11-20-9-14/h8-9,11-13,15H,6-7,10H2,1-5H3,(H,21,24). The Morgan fingerprint density at radius 3 is 2.48 bits per heavy atom. The quantitative estimate of drug-likeness (QED) is 0.908. The average molecular weight is 348 g/mol. The molecule has 1 aromatic heterocycles. The molecule has 1 N–H and O–H groups in total. The lowest BCUT2D eigenvalue weighted by molar-refractivity contribution is 0.0298. The van der Waals surface area contributed by atoms with Crippen LogP contribution in [0.2, 0.25) is 0 Å². The Morgan fingerprint density at radius 1 is 1.24 bits per heavy atom. The van der Waals surface area contributed by atoms with Crippen LogP contribution in [0.15, 0.2) is 18.7 Å². The van der Waals surface area contributed by atoms with Gasteiger partial charge in [-0.05, 0) is 46.5 Å². The molecule has 1 aliphatic rings. The third kappa shape index (κ3) is 5.14. The molecule has 0 radical (unpaired) electrons. The molecule has 1 fully saturated rings. The predicted octanol–water partition coefficient (Wildman–Crippen LogP) is 2.63. The zero-order valence-corrected chi connectivity index (χ0v) is 15.7. The fourth-order valence-electron chi connectivity index (χ4n) is 3.07. The van der Waals surface area contributed by atoms with Crippen molar-refractivity contribution in [1.82, 2.24) is 20.2 Å². The lowest BCUT2D eigenvalue weighted by Gasteiger charge is -2.44. The van der Waals surface area contributed by atoms with Crippen LogP contribution in [0.4, 0.5) is 4.79 Å². The molecule has 1 aliphatic heterocycles. The van der Waals surface area contributed by atoms with Gasteiger partial charge in [-0.1, -0.05) is 6.92 Å². The van der Waals surface area contributed by atoms with Gasteiger partial charge in [0.05, 0.1) is 5.56 Å². The number of carbonyl (C=O) groups is 2. The molecule has 1 saturated heterocycles. The molecule has 1 aromatic rings. The van der Waals surface area contributed by atoms with Gasteiger partial charge in [-0.2, -0.15) is 0 Å². The second kappa shape index (κ2) is 7.80. The van der Waals surface area contributed by atoms with Crippen LogP contribution in [-0.2, 0) is 4.74 Å². The van der Waals surface area contributed by atoms with Gasteiger partial charge in [0, 0.05) is 31.0 Å². The number of piperidine rings is 1. The van der Waals surface area contributed by atoms with E-state index in [9.17, 15) is 9.59 Å². The van der Waals surface area contributed by atoms with Gasteiger partial charge in [-0.25, -0.2) is 14.8 Å². The molecule has 0 bridgehead atoms. The molecule has 138 valence electrons. The van der Waals surface area contributed by atoms with Crippen molar-refractivity contribution in [3.8, 4) is 0 Å². The summed E-state index contributed by atoms with van der Waals surface area (Å²) in [5, 5.41) is 2.79. The van der Waals surface area contributed by atoms with E-state index in [2.05, 4.69) is 22.2 Å². The van der Waals surface area contributed by atoms with Crippen molar-refractivity contribution in [3.05, 3.63) is 24.3 Å². The van der Waals surface area contributed by atoms with Gasteiger partial charge in [-0.15, -0.1) is 0 Å². The van der Waals surface area contributed by atoms with Crippen molar-refractivity contribution in [2.45, 2.75) is 65.1 Å². The van der Waals surface area contributed by atoms with Crippen molar-refractivity contribution >= 4 is 12.0 Å². The fraction of sp³-hybridized carbons (Fsp3) is 0.667.